The van der Waals surface area contributed by atoms with E-state index in [1.165, 1.54) is 0 Å². The van der Waals surface area contributed by atoms with Crippen molar-refractivity contribution in [2.24, 2.45) is 0 Å². The zero-order valence-electron chi connectivity index (χ0n) is 7.70. The lowest BCUT2D eigenvalue weighted by atomic mass is 10.2. The number of nitrogens with one attached hydrogen (secondary N) is 1. The second kappa shape index (κ2) is 8.13. The van der Waals surface area contributed by atoms with Crippen LogP contribution >= 0.6 is 22.6 Å². The summed E-state index contributed by atoms with van der Waals surface area (Å²) < 4.78 is 0.0243. The normalized spacial score (nSPS) is 10.3. The van der Waals surface area contributed by atoms with Gasteiger partial charge in [-0.3, -0.25) is 9.59 Å². The molecule has 0 heterocycles. The Morgan fingerprint density at radius 3 is 2.21 bits per heavy atom. The van der Waals surface area contributed by atoms with Gasteiger partial charge < -0.3 is 15.5 Å². The number of amides is 1. The molecule has 0 saturated carbocycles. The van der Waals surface area contributed by atoms with Gasteiger partial charge in [0.15, 0.2) is 3.79 Å². The summed E-state index contributed by atoms with van der Waals surface area (Å²) in [5, 5.41) is 19.8. The molecule has 1 amide bonds. The van der Waals surface area contributed by atoms with Crippen molar-refractivity contribution in [1.82, 2.24) is 5.32 Å². The molecular formula is C8H14INO4. The van der Waals surface area contributed by atoms with E-state index in [2.05, 4.69) is 5.32 Å². The van der Waals surface area contributed by atoms with Crippen LogP contribution in [0.1, 0.15) is 19.3 Å². The number of aliphatic hydroxyl groups is 2. The molecule has 0 spiro atoms. The fourth-order valence-corrected chi connectivity index (χ4v) is 1.22. The molecule has 0 saturated heterocycles. The predicted octanol–water partition coefficient (Wildman–Crippen LogP) is -0.412. The average molecular weight is 315 g/mol. The standard InChI is InChI=1S/C8H14INO4/c9-7(13)2-1-3-8(14)10-6(4-11)5-12/h6,11-12H,1-5H2,(H,10,14). The highest BCUT2D eigenvalue weighted by molar-refractivity contribution is 14.1. The van der Waals surface area contributed by atoms with Crippen molar-refractivity contribution in [2.75, 3.05) is 13.2 Å². The predicted molar refractivity (Wildman–Crippen MR) is 59.0 cm³/mol. The molecule has 0 aromatic heterocycles. The molecule has 14 heavy (non-hydrogen) atoms. The van der Waals surface area contributed by atoms with Crippen LogP contribution in [0.2, 0.25) is 0 Å². The Bertz CT molecular complexity index is 194. The van der Waals surface area contributed by atoms with E-state index in [9.17, 15) is 9.59 Å². The van der Waals surface area contributed by atoms with Crippen LogP contribution in [0.4, 0.5) is 0 Å². The Labute approximate surface area is 96.0 Å². The molecule has 0 aromatic rings. The zero-order chi connectivity index (χ0) is 11.0. The van der Waals surface area contributed by atoms with Gasteiger partial charge in [0.05, 0.1) is 19.3 Å². The molecule has 0 radical (unpaired) electrons. The Kier molecular flexibility index (Phi) is 8.01. The third-order valence-corrected chi connectivity index (χ3v) is 2.12. The quantitative estimate of drug-likeness (QED) is 0.440. The van der Waals surface area contributed by atoms with Crippen molar-refractivity contribution >= 4 is 32.3 Å². The maximum Gasteiger partial charge on any atom is 0.220 e. The molecule has 6 heteroatoms. The first kappa shape index (κ1) is 13.8. The zero-order valence-corrected chi connectivity index (χ0v) is 9.86. The number of rotatable bonds is 7. The molecule has 0 aliphatic carbocycles. The maximum absolute atomic E-state index is 11.1. The van der Waals surface area contributed by atoms with Gasteiger partial charge in [0.25, 0.3) is 0 Å². The van der Waals surface area contributed by atoms with Crippen LogP contribution in [-0.2, 0) is 9.59 Å². The van der Waals surface area contributed by atoms with Crippen molar-refractivity contribution < 1.29 is 19.8 Å². The molecule has 5 nitrogen and oxygen atoms in total. The molecule has 0 fully saturated rings. The summed E-state index contributed by atoms with van der Waals surface area (Å²) in [6.45, 7) is -0.569. The molecule has 0 aliphatic rings. The topological polar surface area (TPSA) is 86.6 Å². The van der Waals surface area contributed by atoms with Crippen LogP contribution in [0.5, 0.6) is 0 Å². The first-order valence-corrected chi connectivity index (χ1v) is 5.37. The number of aliphatic hydroxyl groups excluding tert-OH is 2. The summed E-state index contributed by atoms with van der Waals surface area (Å²) in [6, 6.07) is -0.599. The Morgan fingerprint density at radius 1 is 1.21 bits per heavy atom. The molecular weight excluding hydrogens is 301 g/mol. The van der Waals surface area contributed by atoms with Crippen LogP contribution in [0.3, 0.4) is 0 Å². The Hall–Kier alpha value is -0.210. The lowest BCUT2D eigenvalue weighted by Crippen LogP contribution is -2.39. The molecule has 0 bridgehead atoms. The average Bonchev–Trinajstić information content (AvgIpc) is 2.13. The largest absolute Gasteiger partial charge is 0.394 e. The number of carbonyl (C=O) groups is 2. The van der Waals surface area contributed by atoms with Crippen molar-refractivity contribution in [2.45, 2.75) is 25.3 Å². The van der Waals surface area contributed by atoms with Gasteiger partial charge in [-0.05, 0) is 29.0 Å². The maximum atomic E-state index is 11.1. The van der Waals surface area contributed by atoms with Crippen LogP contribution in [-0.4, -0.2) is 39.2 Å². The van der Waals surface area contributed by atoms with E-state index in [1.807, 2.05) is 0 Å². The number of hydrogen-bond donors (Lipinski definition) is 3. The second-order valence-electron chi connectivity index (χ2n) is 2.84. The third-order valence-electron chi connectivity index (χ3n) is 1.58. The minimum atomic E-state index is -0.599. The van der Waals surface area contributed by atoms with E-state index >= 15 is 0 Å². The highest BCUT2D eigenvalue weighted by atomic mass is 127. The minimum Gasteiger partial charge on any atom is -0.394 e. The van der Waals surface area contributed by atoms with Gasteiger partial charge in [-0.25, -0.2) is 0 Å². The van der Waals surface area contributed by atoms with Crippen LogP contribution in [0, 0.1) is 0 Å². The Balaban J connectivity index is 3.59. The molecule has 0 unspecified atom stereocenters. The lowest BCUT2D eigenvalue weighted by Gasteiger charge is -2.12. The van der Waals surface area contributed by atoms with Crippen molar-refractivity contribution in [1.29, 1.82) is 0 Å². The van der Waals surface area contributed by atoms with E-state index in [4.69, 9.17) is 10.2 Å². The van der Waals surface area contributed by atoms with E-state index in [-0.39, 0.29) is 29.3 Å². The first-order valence-electron chi connectivity index (χ1n) is 4.29. The van der Waals surface area contributed by atoms with E-state index < -0.39 is 6.04 Å². The van der Waals surface area contributed by atoms with Crippen LogP contribution < -0.4 is 5.32 Å². The summed E-state index contributed by atoms with van der Waals surface area (Å²) in [7, 11) is 0. The van der Waals surface area contributed by atoms with Gasteiger partial charge in [0.1, 0.15) is 0 Å². The van der Waals surface area contributed by atoms with Crippen molar-refractivity contribution in [3.8, 4) is 0 Å². The van der Waals surface area contributed by atoms with Crippen molar-refractivity contribution in [3.63, 3.8) is 0 Å². The molecule has 0 atom stereocenters. The third kappa shape index (κ3) is 7.22. The number of hydrogen-bond acceptors (Lipinski definition) is 4. The molecule has 0 rings (SSSR count). The smallest absolute Gasteiger partial charge is 0.220 e. The second-order valence-corrected chi connectivity index (χ2v) is 4.04. The van der Waals surface area contributed by atoms with Gasteiger partial charge in [0, 0.05) is 12.8 Å². The highest BCUT2D eigenvalue weighted by Gasteiger charge is 2.09. The van der Waals surface area contributed by atoms with Crippen molar-refractivity contribution in [3.05, 3.63) is 0 Å². The summed E-state index contributed by atoms with van der Waals surface area (Å²) >= 11 is 1.68. The molecule has 3 N–H and O–H groups in total. The number of carbonyl (C=O) groups excluding carboxylic acids is 2. The minimum absolute atomic E-state index is 0.0243. The van der Waals surface area contributed by atoms with Gasteiger partial charge in [-0.15, -0.1) is 0 Å². The fourth-order valence-electron chi connectivity index (χ4n) is 0.837. The SMILES string of the molecule is O=C(I)CCCC(=O)NC(CO)CO. The van der Waals surface area contributed by atoms with E-state index in [1.54, 1.807) is 22.6 Å². The fraction of sp³-hybridized carbons (Fsp3) is 0.750. The van der Waals surface area contributed by atoms with E-state index in [0.29, 0.717) is 12.8 Å². The summed E-state index contributed by atoms with van der Waals surface area (Å²) in [5.41, 5.74) is 0. The summed E-state index contributed by atoms with van der Waals surface area (Å²) in [6.07, 6.45) is 1.11. The summed E-state index contributed by atoms with van der Waals surface area (Å²) in [5.74, 6) is -0.254. The highest BCUT2D eigenvalue weighted by Crippen LogP contribution is 2.01. The van der Waals surface area contributed by atoms with Crippen LogP contribution in [0.25, 0.3) is 0 Å². The first-order chi connectivity index (χ1) is 6.60. The number of halogens is 1. The molecule has 0 aromatic carbocycles. The molecule has 82 valence electrons. The summed E-state index contributed by atoms with van der Waals surface area (Å²) in [4.78, 5) is 21.6. The van der Waals surface area contributed by atoms with Gasteiger partial charge in [0.2, 0.25) is 5.91 Å². The van der Waals surface area contributed by atoms with Gasteiger partial charge in [-0.2, -0.15) is 0 Å². The molecule has 0 aliphatic heterocycles. The lowest BCUT2D eigenvalue weighted by molar-refractivity contribution is -0.122. The van der Waals surface area contributed by atoms with E-state index in [0.717, 1.165) is 0 Å². The van der Waals surface area contributed by atoms with Crippen LogP contribution in [0.15, 0.2) is 0 Å². The van der Waals surface area contributed by atoms with Gasteiger partial charge >= 0.3 is 0 Å². The monoisotopic (exact) mass is 315 g/mol. The Morgan fingerprint density at radius 2 is 1.79 bits per heavy atom. The van der Waals surface area contributed by atoms with Gasteiger partial charge in [-0.1, -0.05) is 0 Å².